The normalized spacial score (nSPS) is 31.2. The number of nitrogens with two attached hydrogens (primary N) is 1. The van der Waals surface area contributed by atoms with Crippen molar-refractivity contribution in [3.63, 3.8) is 0 Å². The van der Waals surface area contributed by atoms with E-state index >= 15 is 0 Å². The van der Waals surface area contributed by atoms with Crippen molar-refractivity contribution in [2.75, 3.05) is 6.54 Å². The highest BCUT2D eigenvalue weighted by molar-refractivity contribution is 5.85. The fourth-order valence-corrected chi connectivity index (χ4v) is 1.13. The van der Waals surface area contributed by atoms with Crippen molar-refractivity contribution in [2.45, 2.75) is 19.3 Å². The molecule has 4 heteroatoms. The Labute approximate surface area is 65.4 Å². The summed E-state index contributed by atoms with van der Waals surface area (Å²) in [6.45, 7) is 1.38. The molecule has 10 heavy (non-hydrogen) atoms. The molecular weight excluding hydrogens is 160 g/mol. The second kappa shape index (κ2) is 3.01. The van der Waals surface area contributed by atoms with Crippen molar-refractivity contribution in [1.82, 2.24) is 0 Å². The van der Waals surface area contributed by atoms with Gasteiger partial charge in [0.15, 0.2) is 0 Å². The fraction of sp³-hybridized carbons (Fsp3) is 1.00. The Balaban J connectivity index is 0.000000810. The van der Waals surface area contributed by atoms with Gasteiger partial charge in [0, 0.05) is 5.92 Å². The molecule has 2 atom stereocenters. The van der Waals surface area contributed by atoms with Crippen LogP contribution in [0.2, 0.25) is 0 Å². The molecule has 0 unspecified atom stereocenters. The van der Waals surface area contributed by atoms with Gasteiger partial charge in [-0.1, -0.05) is 0 Å². The van der Waals surface area contributed by atoms with E-state index in [2.05, 4.69) is 0 Å². The lowest BCUT2D eigenvalue weighted by molar-refractivity contribution is -0.00691. The van der Waals surface area contributed by atoms with Crippen LogP contribution in [0, 0.1) is 11.8 Å². The molecule has 0 bridgehead atoms. The smallest absolute Gasteiger partial charge is 0.248 e. The van der Waals surface area contributed by atoms with Crippen molar-refractivity contribution in [2.24, 2.45) is 17.6 Å². The predicted molar refractivity (Wildman–Crippen MR) is 38.5 cm³/mol. The molecule has 1 saturated carbocycles. The summed E-state index contributed by atoms with van der Waals surface area (Å²) in [4.78, 5) is 0. The van der Waals surface area contributed by atoms with Crippen LogP contribution in [0.1, 0.15) is 13.3 Å². The van der Waals surface area contributed by atoms with E-state index in [1.807, 2.05) is 0 Å². The molecule has 0 aromatic heterocycles. The number of halogens is 3. The minimum Gasteiger partial charge on any atom is -0.330 e. The first-order chi connectivity index (χ1) is 4.05. The van der Waals surface area contributed by atoms with Gasteiger partial charge in [-0.2, -0.15) is 0 Å². The van der Waals surface area contributed by atoms with E-state index in [-0.39, 0.29) is 18.3 Å². The summed E-state index contributed by atoms with van der Waals surface area (Å²) < 4.78 is 24.6. The second-order valence-corrected chi connectivity index (χ2v) is 2.79. The Morgan fingerprint density at radius 2 is 2.10 bits per heavy atom. The fourth-order valence-electron chi connectivity index (χ4n) is 1.13. The summed E-state index contributed by atoms with van der Waals surface area (Å²) in [6.07, 6.45) is 0.611. The number of alkyl halides is 2. The van der Waals surface area contributed by atoms with Gasteiger partial charge in [-0.15, -0.1) is 12.4 Å². The molecule has 1 fully saturated rings. The number of rotatable bonds is 2. The van der Waals surface area contributed by atoms with Crippen LogP contribution in [-0.4, -0.2) is 12.5 Å². The van der Waals surface area contributed by atoms with E-state index < -0.39 is 11.8 Å². The van der Waals surface area contributed by atoms with Gasteiger partial charge in [0.2, 0.25) is 5.92 Å². The maximum Gasteiger partial charge on any atom is 0.248 e. The minimum absolute atomic E-state index is 0. The highest BCUT2D eigenvalue weighted by Gasteiger charge is 2.50. The summed E-state index contributed by atoms with van der Waals surface area (Å²) in [5, 5.41) is 0. The molecule has 1 nitrogen and oxygen atoms in total. The van der Waals surface area contributed by atoms with Gasteiger partial charge in [0.05, 0.1) is 0 Å². The van der Waals surface area contributed by atoms with Crippen molar-refractivity contribution < 1.29 is 8.78 Å². The first kappa shape index (κ1) is 10.1. The van der Waals surface area contributed by atoms with Crippen LogP contribution < -0.4 is 5.73 Å². The van der Waals surface area contributed by atoms with Crippen LogP contribution in [0.25, 0.3) is 0 Å². The maximum absolute atomic E-state index is 12.3. The van der Waals surface area contributed by atoms with Crippen molar-refractivity contribution in [3.05, 3.63) is 0 Å². The Morgan fingerprint density at radius 1 is 1.60 bits per heavy atom. The monoisotopic (exact) mass is 171 g/mol. The van der Waals surface area contributed by atoms with E-state index in [0.717, 1.165) is 6.92 Å². The quantitative estimate of drug-likeness (QED) is 0.672. The molecule has 1 aliphatic carbocycles. The molecule has 2 N–H and O–H groups in total. The zero-order chi connectivity index (χ0) is 7.07. The molecule has 0 heterocycles. The summed E-state index contributed by atoms with van der Waals surface area (Å²) >= 11 is 0. The van der Waals surface area contributed by atoms with Crippen molar-refractivity contribution in [3.8, 4) is 0 Å². The lowest BCUT2D eigenvalue weighted by atomic mass is 10.2. The van der Waals surface area contributed by atoms with E-state index in [1.54, 1.807) is 0 Å². The average Bonchev–Trinajstić information content (AvgIpc) is 2.39. The summed E-state index contributed by atoms with van der Waals surface area (Å²) in [7, 11) is 0. The van der Waals surface area contributed by atoms with Crippen LogP contribution in [0.5, 0.6) is 0 Å². The summed E-state index contributed by atoms with van der Waals surface area (Å²) in [6, 6.07) is 0. The van der Waals surface area contributed by atoms with Gasteiger partial charge in [0.1, 0.15) is 0 Å². The van der Waals surface area contributed by atoms with E-state index in [9.17, 15) is 8.78 Å². The SMILES string of the molecule is CC(F)(F)[C@@H]1C[C@H]1CN.Cl. The molecule has 0 amide bonds. The lowest BCUT2D eigenvalue weighted by Crippen LogP contribution is -2.16. The minimum atomic E-state index is -2.50. The van der Waals surface area contributed by atoms with Crippen LogP contribution in [0.15, 0.2) is 0 Å². The third kappa shape index (κ3) is 2.06. The van der Waals surface area contributed by atoms with E-state index in [4.69, 9.17) is 5.73 Å². The molecule has 0 aromatic rings. The Bertz CT molecular complexity index is 113. The molecular formula is C6H12ClF2N. The molecule has 0 saturated heterocycles. The molecule has 1 aliphatic rings. The van der Waals surface area contributed by atoms with Crippen LogP contribution in [0.3, 0.4) is 0 Å². The summed E-state index contributed by atoms with van der Waals surface area (Å²) in [5.74, 6) is -2.84. The van der Waals surface area contributed by atoms with Gasteiger partial charge in [-0.3, -0.25) is 0 Å². The molecule has 62 valence electrons. The van der Waals surface area contributed by atoms with Crippen LogP contribution >= 0.6 is 12.4 Å². The second-order valence-electron chi connectivity index (χ2n) is 2.79. The lowest BCUT2D eigenvalue weighted by Gasteiger charge is -2.07. The van der Waals surface area contributed by atoms with Crippen molar-refractivity contribution in [1.29, 1.82) is 0 Å². The first-order valence-electron chi connectivity index (χ1n) is 3.13. The molecule has 0 spiro atoms. The number of hydrogen-bond donors (Lipinski definition) is 1. The van der Waals surface area contributed by atoms with E-state index in [0.29, 0.717) is 13.0 Å². The van der Waals surface area contributed by atoms with Crippen LogP contribution in [-0.2, 0) is 0 Å². The van der Waals surface area contributed by atoms with Crippen LogP contribution in [0.4, 0.5) is 8.78 Å². The zero-order valence-electron chi connectivity index (χ0n) is 5.81. The largest absolute Gasteiger partial charge is 0.330 e. The third-order valence-corrected chi connectivity index (χ3v) is 1.88. The Morgan fingerprint density at radius 3 is 2.20 bits per heavy atom. The van der Waals surface area contributed by atoms with Gasteiger partial charge in [0.25, 0.3) is 0 Å². The molecule has 0 aromatic carbocycles. The standard InChI is InChI=1S/C6H11F2N.ClH/c1-6(7,8)5-2-4(5)3-9;/h4-5H,2-3,9H2,1H3;1H/t4-,5+;/m0./s1. The summed E-state index contributed by atoms with van der Waals surface area (Å²) in [5.41, 5.74) is 5.19. The highest BCUT2D eigenvalue weighted by atomic mass is 35.5. The van der Waals surface area contributed by atoms with E-state index in [1.165, 1.54) is 0 Å². The molecule has 0 aliphatic heterocycles. The van der Waals surface area contributed by atoms with Gasteiger partial charge in [-0.05, 0) is 25.8 Å². The topological polar surface area (TPSA) is 26.0 Å². The van der Waals surface area contributed by atoms with Gasteiger partial charge >= 0.3 is 0 Å². The third-order valence-electron chi connectivity index (χ3n) is 1.88. The van der Waals surface area contributed by atoms with Gasteiger partial charge in [-0.25, -0.2) is 8.78 Å². The molecule has 1 rings (SSSR count). The number of hydrogen-bond acceptors (Lipinski definition) is 1. The first-order valence-corrected chi connectivity index (χ1v) is 3.13. The van der Waals surface area contributed by atoms with Crippen molar-refractivity contribution >= 4 is 12.4 Å². The predicted octanol–water partition coefficient (Wildman–Crippen LogP) is 1.66. The van der Waals surface area contributed by atoms with Gasteiger partial charge < -0.3 is 5.73 Å². The average molecular weight is 172 g/mol. The highest BCUT2D eigenvalue weighted by Crippen LogP contribution is 2.48. The zero-order valence-corrected chi connectivity index (χ0v) is 6.63. The Kier molecular flexibility index (Phi) is 3.04. The Hall–Kier alpha value is 0.110. The maximum atomic E-state index is 12.3. The molecule has 0 radical (unpaired) electrons.